The van der Waals surface area contributed by atoms with Crippen molar-refractivity contribution < 1.29 is 4.39 Å². The topological polar surface area (TPSA) is 32.9 Å². The van der Waals surface area contributed by atoms with Crippen molar-refractivity contribution in [2.24, 2.45) is 0 Å². The first-order valence-corrected chi connectivity index (χ1v) is 3.86. The molecule has 0 aliphatic heterocycles. The van der Waals surface area contributed by atoms with E-state index in [1.165, 1.54) is 18.2 Å². The minimum Gasteiger partial charge on any atom is -0.277 e. The Bertz CT molecular complexity index is 445. The maximum atomic E-state index is 12.5. The lowest BCUT2D eigenvalue weighted by atomic mass is 10.3. The van der Waals surface area contributed by atoms with Crippen LogP contribution in [0.15, 0.2) is 23.0 Å². The standard InChI is InChI=1S/C7H4FNOS/c8-4-1-2-5-6(3-4)11-9-7(5)10/h1-3H,(H,9,10). The molecule has 0 bridgehead atoms. The fourth-order valence-corrected chi connectivity index (χ4v) is 1.68. The van der Waals surface area contributed by atoms with E-state index in [2.05, 4.69) is 4.37 Å². The number of benzene rings is 1. The lowest BCUT2D eigenvalue weighted by Crippen LogP contribution is -1.95. The molecule has 2 rings (SSSR count). The quantitative estimate of drug-likeness (QED) is 0.640. The zero-order valence-corrected chi connectivity index (χ0v) is 6.24. The lowest BCUT2D eigenvalue weighted by Gasteiger charge is -1.84. The van der Waals surface area contributed by atoms with Crippen molar-refractivity contribution >= 4 is 21.6 Å². The van der Waals surface area contributed by atoms with Gasteiger partial charge >= 0.3 is 0 Å². The van der Waals surface area contributed by atoms with Gasteiger partial charge in [-0.05, 0) is 18.2 Å². The highest BCUT2D eigenvalue weighted by Gasteiger charge is 2.00. The van der Waals surface area contributed by atoms with Crippen LogP contribution >= 0.6 is 11.5 Å². The van der Waals surface area contributed by atoms with Crippen LogP contribution < -0.4 is 5.56 Å². The van der Waals surface area contributed by atoms with Crippen molar-refractivity contribution in [3.05, 3.63) is 34.4 Å². The molecule has 0 fully saturated rings. The zero-order valence-electron chi connectivity index (χ0n) is 5.43. The van der Waals surface area contributed by atoms with Gasteiger partial charge in [-0.15, -0.1) is 0 Å². The number of H-pyrrole nitrogens is 1. The third-order valence-electron chi connectivity index (χ3n) is 1.44. The fraction of sp³-hybridized carbons (Fsp3) is 0. The van der Waals surface area contributed by atoms with Crippen LogP contribution in [-0.2, 0) is 0 Å². The van der Waals surface area contributed by atoms with Gasteiger partial charge in [0.05, 0.1) is 10.1 Å². The van der Waals surface area contributed by atoms with E-state index >= 15 is 0 Å². The Kier molecular flexibility index (Phi) is 1.29. The van der Waals surface area contributed by atoms with Crippen molar-refractivity contribution in [3.8, 4) is 0 Å². The summed E-state index contributed by atoms with van der Waals surface area (Å²) in [6.45, 7) is 0. The van der Waals surface area contributed by atoms with Gasteiger partial charge in [-0.25, -0.2) is 4.39 Å². The third-order valence-corrected chi connectivity index (χ3v) is 2.29. The molecular formula is C7H4FNOS. The van der Waals surface area contributed by atoms with Crippen molar-refractivity contribution in [2.45, 2.75) is 0 Å². The average molecular weight is 169 g/mol. The van der Waals surface area contributed by atoms with Crippen LogP contribution in [0.5, 0.6) is 0 Å². The van der Waals surface area contributed by atoms with Gasteiger partial charge in [0.15, 0.2) is 0 Å². The van der Waals surface area contributed by atoms with E-state index in [4.69, 9.17) is 0 Å². The van der Waals surface area contributed by atoms with Crippen LogP contribution in [0.25, 0.3) is 10.1 Å². The van der Waals surface area contributed by atoms with Crippen LogP contribution in [0.4, 0.5) is 4.39 Å². The Balaban J connectivity index is 2.97. The second-order valence-electron chi connectivity index (χ2n) is 2.17. The van der Waals surface area contributed by atoms with Gasteiger partial charge in [-0.2, -0.15) is 0 Å². The summed E-state index contributed by atoms with van der Waals surface area (Å²) in [5.74, 6) is -0.312. The SMILES string of the molecule is O=c1[nH]sc2cc(F)ccc12. The minimum atomic E-state index is -0.312. The van der Waals surface area contributed by atoms with E-state index in [9.17, 15) is 9.18 Å². The molecule has 0 unspecified atom stereocenters. The van der Waals surface area contributed by atoms with E-state index in [0.29, 0.717) is 10.1 Å². The smallest absolute Gasteiger partial charge is 0.265 e. The fourth-order valence-electron chi connectivity index (χ4n) is 0.925. The van der Waals surface area contributed by atoms with Gasteiger partial charge in [0.2, 0.25) is 0 Å². The van der Waals surface area contributed by atoms with Crippen molar-refractivity contribution in [1.82, 2.24) is 4.37 Å². The van der Waals surface area contributed by atoms with Gasteiger partial charge in [-0.3, -0.25) is 9.17 Å². The first kappa shape index (κ1) is 6.54. The molecule has 1 heterocycles. The average Bonchev–Trinajstić information content (AvgIpc) is 2.32. The van der Waals surface area contributed by atoms with Crippen molar-refractivity contribution in [1.29, 1.82) is 0 Å². The van der Waals surface area contributed by atoms with Crippen molar-refractivity contribution in [3.63, 3.8) is 0 Å². The minimum absolute atomic E-state index is 0.148. The van der Waals surface area contributed by atoms with Gasteiger partial charge in [0, 0.05) is 0 Å². The largest absolute Gasteiger partial charge is 0.277 e. The lowest BCUT2D eigenvalue weighted by molar-refractivity contribution is 0.630. The molecule has 1 aromatic heterocycles. The first-order valence-electron chi connectivity index (χ1n) is 3.04. The van der Waals surface area contributed by atoms with E-state index in [1.807, 2.05) is 0 Å². The molecule has 4 heteroatoms. The first-order chi connectivity index (χ1) is 5.27. The van der Waals surface area contributed by atoms with Gasteiger partial charge in [0.1, 0.15) is 5.82 Å². The molecule has 2 aromatic rings. The highest BCUT2D eigenvalue weighted by molar-refractivity contribution is 7.13. The second-order valence-corrected chi connectivity index (χ2v) is 3.02. The maximum absolute atomic E-state index is 12.5. The molecule has 1 aromatic carbocycles. The zero-order chi connectivity index (χ0) is 7.84. The predicted octanol–water partition coefficient (Wildman–Crippen LogP) is 1.73. The van der Waals surface area contributed by atoms with E-state index in [1.54, 1.807) is 0 Å². The van der Waals surface area contributed by atoms with Gasteiger partial charge in [0.25, 0.3) is 5.56 Å². The molecule has 1 N–H and O–H groups in total. The number of halogens is 1. The highest BCUT2D eigenvalue weighted by Crippen LogP contribution is 2.14. The third kappa shape index (κ3) is 0.952. The highest BCUT2D eigenvalue weighted by atomic mass is 32.1. The summed E-state index contributed by atoms with van der Waals surface area (Å²) in [5, 5.41) is 0.552. The molecule has 0 radical (unpaired) electrons. The Morgan fingerprint density at radius 2 is 2.27 bits per heavy atom. The molecule has 0 spiro atoms. The summed E-state index contributed by atoms with van der Waals surface area (Å²) in [7, 11) is 0. The number of hydrogen-bond donors (Lipinski definition) is 1. The van der Waals surface area contributed by atoms with Crippen LogP contribution in [0, 0.1) is 5.82 Å². The van der Waals surface area contributed by atoms with Crippen molar-refractivity contribution in [2.75, 3.05) is 0 Å². The Morgan fingerprint density at radius 3 is 3.09 bits per heavy atom. The normalized spacial score (nSPS) is 10.6. The predicted molar refractivity (Wildman–Crippen MR) is 42.4 cm³/mol. The molecule has 0 saturated carbocycles. The summed E-state index contributed by atoms with van der Waals surface area (Å²) >= 11 is 1.15. The van der Waals surface area contributed by atoms with Crippen LogP contribution in [0.3, 0.4) is 0 Å². The van der Waals surface area contributed by atoms with Gasteiger partial charge < -0.3 is 0 Å². The number of nitrogens with one attached hydrogen (secondary N) is 1. The van der Waals surface area contributed by atoms with E-state index in [-0.39, 0.29) is 11.4 Å². The number of aromatic nitrogens is 1. The Hall–Kier alpha value is -1.16. The molecule has 56 valence electrons. The molecule has 2 nitrogen and oxygen atoms in total. The molecular weight excluding hydrogens is 165 g/mol. The van der Waals surface area contributed by atoms with E-state index in [0.717, 1.165) is 11.5 Å². The molecule has 0 atom stereocenters. The maximum Gasteiger partial charge on any atom is 0.265 e. The summed E-state index contributed by atoms with van der Waals surface area (Å²) in [4.78, 5) is 10.9. The number of fused-ring (bicyclic) bond motifs is 1. The van der Waals surface area contributed by atoms with Crippen LogP contribution in [-0.4, -0.2) is 4.37 Å². The Morgan fingerprint density at radius 1 is 1.45 bits per heavy atom. The molecule has 0 amide bonds. The second kappa shape index (κ2) is 2.17. The van der Waals surface area contributed by atoms with Crippen LogP contribution in [0.1, 0.15) is 0 Å². The number of hydrogen-bond acceptors (Lipinski definition) is 2. The Labute approximate surface area is 65.4 Å². The van der Waals surface area contributed by atoms with Gasteiger partial charge in [-0.1, -0.05) is 11.5 Å². The molecule has 11 heavy (non-hydrogen) atoms. The van der Waals surface area contributed by atoms with Crippen LogP contribution in [0.2, 0.25) is 0 Å². The number of rotatable bonds is 0. The number of aromatic amines is 1. The molecule has 0 saturated heterocycles. The summed E-state index contributed by atoms with van der Waals surface area (Å²) in [5.41, 5.74) is -0.148. The monoisotopic (exact) mass is 169 g/mol. The summed E-state index contributed by atoms with van der Waals surface area (Å²) in [6.07, 6.45) is 0. The summed E-state index contributed by atoms with van der Waals surface area (Å²) < 4.78 is 15.7. The molecule has 0 aliphatic carbocycles. The molecule has 0 aliphatic rings. The van der Waals surface area contributed by atoms with E-state index < -0.39 is 0 Å². The summed E-state index contributed by atoms with van der Waals surface area (Å²) in [6, 6.07) is 4.11.